The number of hydrogen-bond acceptors (Lipinski definition) is 6. The van der Waals surface area contributed by atoms with E-state index in [0.29, 0.717) is 39.5 Å². The van der Waals surface area contributed by atoms with Crippen LogP contribution >= 0.6 is 47.8 Å². The summed E-state index contributed by atoms with van der Waals surface area (Å²) in [5.41, 5.74) is 2.56. The maximum atomic E-state index is 13.6. The molecule has 4 aromatic rings. The van der Waals surface area contributed by atoms with Crippen molar-refractivity contribution in [2.24, 2.45) is 0 Å². The Morgan fingerprint density at radius 1 is 0.711 bits per heavy atom. The minimum Gasteiger partial charge on any atom is -0.493 e. The van der Waals surface area contributed by atoms with E-state index < -0.39 is 0 Å². The molecule has 0 fully saturated rings. The lowest BCUT2D eigenvalue weighted by Gasteiger charge is -2.12. The minimum atomic E-state index is -0.198. The van der Waals surface area contributed by atoms with E-state index in [0.717, 1.165) is 24.5 Å². The molecule has 10 heteroatoms. The summed E-state index contributed by atoms with van der Waals surface area (Å²) in [6, 6.07) is 12.6. The van der Waals surface area contributed by atoms with Gasteiger partial charge in [-0.2, -0.15) is 0 Å². The van der Waals surface area contributed by atoms with E-state index in [2.05, 4.69) is 47.8 Å². The standard InChI is InChI=1S/C28H24Br3NO6/c1-35-24-8-15(20(30)12-26(24)37-3)7-23(33)19-14-32(22-6-5-17(29)11-18(19)22)28(34)10-16-9-25(36-2)27(38-4)13-21(16)31/h5-6,8-9,11-14H,7,10H2,1-4H3. The fraction of sp³-hybridized carbons (Fsp3) is 0.214. The number of carbonyl (C=O) groups is 2. The van der Waals surface area contributed by atoms with Gasteiger partial charge in [-0.25, -0.2) is 0 Å². The van der Waals surface area contributed by atoms with Gasteiger partial charge in [0.25, 0.3) is 0 Å². The lowest BCUT2D eigenvalue weighted by atomic mass is 10.0. The molecule has 1 heterocycles. The first-order chi connectivity index (χ1) is 18.2. The van der Waals surface area contributed by atoms with Crippen LogP contribution in [-0.4, -0.2) is 44.7 Å². The Hall–Kier alpha value is -2.82. The molecule has 0 aliphatic rings. The Balaban J connectivity index is 1.71. The van der Waals surface area contributed by atoms with Gasteiger partial charge in [-0.1, -0.05) is 47.8 Å². The number of aromatic nitrogens is 1. The number of ether oxygens (including phenoxy) is 4. The highest BCUT2D eigenvalue weighted by atomic mass is 79.9. The molecule has 0 saturated carbocycles. The summed E-state index contributed by atoms with van der Waals surface area (Å²) in [5, 5.41) is 0.681. The second-order valence-corrected chi connectivity index (χ2v) is 11.0. The summed E-state index contributed by atoms with van der Waals surface area (Å²) in [7, 11) is 6.20. The van der Waals surface area contributed by atoms with Crippen molar-refractivity contribution >= 4 is 70.4 Å². The number of Topliss-reactive ketones (excluding diaryl/α,β-unsaturated/α-hetero) is 1. The number of nitrogens with zero attached hydrogens (tertiary/aromatic N) is 1. The average Bonchev–Trinajstić information content (AvgIpc) is 3.29. The molecule has 7 nitrogen and oxygen atoms in total. The van der Waals surface area contributed by atoms with Gasteiger partial charge in [0.05, 0.1) is 40.4 Å². The van der Waals surface area contributed by atoms with Crippen LogP contribution in [0.2, 0.25) is 0 Å². The summed E-state index contributed by atoms with van der Waals surface area (Å²) in [6.07, 6.45) is 1.79. The highest BCUT2D eigenvalue weighted by Crippen LogP contribution is 2.36. The van der Waals surface area contributed by atoms with Crippen molar-refractivity contribution in [1.29, 1.82) is 0 Å². The predicted octanol–water partition coefficient (Wildman–Crippen LogP) is 7.27. The lowest BCUT2D eigenvalue weighted by molar-refractivity contribution is 0.0919. The van der Waals surface area contributed by atoms with E-state index in [9.17, 15) is 9.59 Å². The zero-order chi connectivity index (χ0) is 27.6. The number of benzene rings is 3. The molecular formula is C28H24Br3NO6. The van der Waals surface area contributed by atoms with E-state index in [1.54, 1.807) is 58.9 Å². The second-order valence-electron chi connectivity index (χ2n) is 8.34. The van der Waals surface area contributed by atoms with Crippen molar-refractivity contribution in [3.05, 3.63) is 78.8 Å². The van der Waals surface area contributed by atoms with Crippen LogP contribution in [0.3, 0.4) is 0 Å². The van der Waals surface area contributed by atoms with Gasteiger partial charge < -0.3 is 18.9 Å². The van der Waals surface area contributed by atoms with Crippen molar-refractivity contribution in [1.82, 2.24) is 4.57 Å². The summed E-state index contributed by atoms with van der Waals surface area (Å²) >= 11 is 10.5. The number of methoxy groups -OCH3 is 4. The zero-order valence-corrected chi connectivity index (χ0v) is 25.8. The van der Waals surface area contributed by atoms with Gasteiger partial charge >= 0.3 is 0 Å². The van der Waals surface area contributed by atoms with Gasteiger partial charge in [0.15, 0.2) is 28.8 Å². The van der Waals surface area contributed by atoms with Gasteiger partial charge in [-0.05, 0) is 53.6 Å². The Morgan fingerprint density at radius 2 is 1.21 bits per heavy atom. The number of hydrogen-bond donors (Lipinski definition) is 0. The van der Waals surface area contributed by atoms with Crippen LogP contribution in [0.1, 0.15) is 26.3 Å². The number of carbonyl (C=O) groups excluding carboxylic acids is 2. The normalized spacial score (nSPS) is 10.9. The third-order valence-corrected chi connectivity index (χ3v) is 8.10. The number of fused-ring (bicyclic) bond motifs is 1. The molecule has 0 N–H and O–H groups in total. The minimum absolute atomic E-state index is 0.0790. The molecule has 0 spiro atoms. The van der Waals surface area contributed by atoms with Crippen molar-refractivity contribution < 1.29 is 28.5 Å². The Kier molecular flexibility index (Phi) is 8.85. The maximum absolute atomic E-state index is 13.6. The number of ketones is 1. The van der Waals surface area contributed by atoms with Gasteiger partial charge in [0, 0.05) is 37.0 Å². The van der Waals surface area contributed by atoms with E-state index in [-0.39, 0.29) is 24.5 Å². The van der Waals surface area contributed by atoms with E-state index >= 15 is 0 Å². The lowest BCUT2D eigenvalue weighted by Crippen LogP contribution is -2.13. The molecule has 0 radical (unpaired) electrons. The summed E-state index contributed by atoms with van der Waals surface area (Å²) in [5.74, 6) is 1.83. The highest BCUT2D eigenvalue weighted by molar-refractivity contribution is 9.11. The monoisotopic (exact) mass is 707 g/mol. The average molecular weight is 710 g/mol. The van der Waals surface area contributed by atoms with Crippen LogP contribution in [-0.2, 0) is 12.8 Å². The first kappa shape index (κ1) is 28.2. The molecule has 0 saturated heterocycles. The molecule has 0 aliphatic heterocycles. The maximum Gasteiger partial charge on any atom is 0.235 e. The van der Waals surface area contributed by atoms with Crippen molar-refractivity contribution in [3.8, 4) is 23.0 Å². The van der Waals surface area contributed by atoms with Crippen LogP contribution in [0.25, 0.3) is 10.9 Å². The summed E-state index contributed by atoms with van der Waals surface area (Å²) in [6.45, 7) is 0. The topological polar surface area (TPSA) is 76.0 Å². The second kappa shape index (κ2) is 11.9. The molecule has 0 aliphatic carbocycles. The number of halogens is 3. The largest absolute Gasteiger partial charge is 0.493 e. The Labute approximate surface area is 245 Å². The number of rotatable bonds is 9. The Morgan fingerprint density at radius 3 is 1.74 bits per heavy atom. The summed E-state index contributed by atoms with van der Waals surface area (Å²) < 4.78 is 25.3. The molecule has 0 amide bonds. The van der Waals surface area contributed by atoms with E-state index in [1.807, 2.05) is 18.2 Å². The van der Waals surface area contributed by atoms with Crippen LogP contribution in [0.5, 0.6) is 23.0 Å². The van der Waals surface area contributed by atoms with Crippen molar-refractivity contribution in [2.75, 3.05) is 28.4 Å². The van der Waals surface area contributed by atoms with Crippen LogP contribution in [0.15, 0.2) is 62.1 Å². The predicted molar refractivity (Wildman–Crippen MR) is 156 cm³/mol. The van der Waals surface area contributed by atoms with Gasteiger partial charge in [0.2, 0.25) is 5.91 Å². The SMILES string of the molecule is COc1cc(Br)c(CC(=O)c2cn(C(=O)Cc3cc(OC)c(OC)cc3Br)c3ccc(Br)cc23)cc1OC. The third kappa shape index (κ3) is 5.62. The molecule has 0 bridgehead atoms. The molecule has 4 rings (SSSR count). The molecule has 1 aromatic heterocycles. The van der Waals surface area contributed by atoms with E-state index in [4.69, 9.17) is 18.9 Å². The van der Waals surface area contributed by atoms with Gasteiger partial charge in [-0.15, -0.1) is 0 Å². The first-order valence-corrected chi connectivity index (χ1v) is 13.8. The fourth-order valence-corrected chi connectivity index (χ4v) is 5.50. The molecule has 3 aromatic carbocycles. The molecule has 198 valence electrons. The zero-order valence-electron chi connectivity index (χ0n) is 21.1. The first-order valence-electron chi connectivity index (χ1n) is 11.4. The molecule has 0 unspecified atom stereocenters. The van der Waals surface area contributed by atoms with E-state index in [1.165, 1.54) is 4.57 Å². The van der Waals surface area contributed by atoms with Crippen LogP contribution in [0.4, 0.5) is 0 Å². The summed E-state index contributed by atoms with van der Waals surface area (Å²) in [4.78, 5) is 27.1. The van der Waals surface area contributed by atoms with Crippen molar-refractivity contribution in [2.45, 2.75) is 12.8 Å². The van der Waals surface area contributed by atoms with Gasteiger partial charge in [0.1, 0.15) is 0 Å². The van der Waals surface area contributed by atoms with Gasteiger partial charge in [-0.3, -0.25) is 14.2 Å². The highest BCUT2D eigenvalue weighted by Gasteiger charge is 2.22. The molecule has 38 heavy (non-hydrogen) atoms. The Bertz CT molecular complexity index is 1550. The molecular weight excluding hydrogens is 686 g/mol. The third-order valence-electron chi connectivity index (χ3n) is 6.13. The van der Waals surface area contributed by atoms with Crippen LogP contribution in [0, 0.1) is 0 Å². The molecule has 0 atom stereocenters. The quantitative estimate of drug-likeness (QED) is 0.170. The van der Waals surface area contributed by atoms with Crippen LogP contribution < -0.4 is 18.9 Å². The fourth-order valence-electron chi connectivity index (χ4n) is 4.21. The smallest absolute Gasteiger partial charge is 0.235 e. The van der Waals surface area contributed by atoms with Crippen molar-refractivity contribution in [3.63, 3.8) is 0 Å².